The molecule has 0 amide bonds. The first-order chi connectivity index (χ1) is 11.0. The van der Waals surface area contributed by atoms with Crippen LogP contribution in [0.4, 0.5) is 26.3 Å². The van der Waals surface area contributed by atoms with Crippen LogP contribution in [0.15, 0.2) is 18.2 Å². The van der Waals surface area contributed by atoms with Crippen molar-refractivity contribution in [3.8, 4) is 0 Å². The van der Waals surface area contributed by atoms with Crippen LogP contribution in [0.1, 0.15) is 54.8 Å². The molecule has 1 aliphatic rings. The first-order valence-corrected chi connectivity index (χ1v) is 7.74. The Labute approximate surface area is 147 Å². The van der Waals surface area contributed by atoms with E-state index in [1.165, 1.54) is 0 Å². The quantitative estimate of drug-likeness (QED) is 0.705. The fourth-order valence-electron chi connectivity index (χ4n) is 3.23. The average Bonchev–Trinajstić information content (AvgIpc) is 2.52. The molecule has 0 unspecified atom stereocenters. The zero-order valence-corrected chi connectivity index (χ0v) is 14.0. The standard InChI is InChI=1S/C16H19F6NO.ClH/c17-15(18,19)10-6-7-12(16(20,21)22)11(8-10)13(23)14(24)9-4-2-1-3-5-9;/h6-9,13-14,24H,1-5,23H2;1H/t13-,14+;/m0./s1. The van der Waals surface area contributed by atoms with Crippen LogP contribution >= 0.6 is 12.4 Å². The number of alkyl halides is 6. The predicted molar refractivity (Wildman–Crippen MR) is 83.2 cm³/mol. The van der Waals surface area contributed by atoms with Crippen molar-refractivity contribution < 1.29 is 31.4 Å². The largest absolute Gasteiger partial charge is 0.416 e. The highest BCUT2D eigenvalue weighted by Gasteiger charge is 2.40. The SMILES string of the molecule is Cl.N[C@@H](c1cc(C(F)(F)F)ccc1C(F)(F)F)[C@H](O)C1CCCCC1. The van der Waals surface area contributed by atoms with Gasteiger partial charge >= 0.3 is 12.4 Å². The van der Waals surface area contributed by atoms with Crippen molar-refractivity contribution in [1.29, 1.82) is 0 Å². The third kappa shape index (κ3) is 5.24. The minimum Gasteiger partial charge on any atom is -0.391 e. The van der Waals surface area contributed by atoms with Crippen molar-refractivity contribution in [2.45, 2.75) is 56.6 Å². The molecule has 0 bridgehead atoms. The Hall–Kier alpha value is -0.990. The average molecular weight is 392 g/mol. The number of hydrogen-bond acceptors (Lipinski definition) is 2. The van der Waals surface area contributed by atoms with Crippen LogP contribution in [0, 0.1) is 5.92 Å². The van der Waals surface area contributed by atoms with Gasteiger partial charge in [0.25, 0.3) is 0 Å². The lowest BCUT2D eigenvalue weighted by Gasteiger charge is -2.32. The second-order valence-corrected chi connectivity index (χ2v) is 6.21. The molecule has 0 heterocycles. The fourth-order valence-corrected chi connectivity index (χ4v) is 3.23. The fraction of sp³-hybridized carbons (Fsp3) is 0.625. The molecule has 0 aliphatic heterocycles. The van der Waals surface area contributed by atoms with Crippen LogP contribution in [0.3, 0.4) is 0 Å². The summed E-state index contributed by atoms with van der Waals surface area (Å²) in [6.45, 7) is 0. The molecular formula is C16H20ClF6NO. The zero-order valence-electron chi connectivity index (χ0n) is 13.2. The van der Waals surface area contributed by atoms with Crippen molar-refractivity contribution in [2.24, 2.45) is 11.7 Å². The molecular weight excluding hydrogens is 372 g/mol. The van der Waals surface area contributed by atoms with Crippen LogP contribution < -0.4 is 5.73 Å². The van der Waals surface area contributed by atoms with Crippen LogP contribution in [0.2, 0.25) is 0 Å². The van der Waals surface area contributed by atoms with Gasteiger partial charge in [-0.25, -0.2) is 0 Å². The summed E-state index contributed by atoms with van der Waals surface area (Å²) in [6.07, 6.45) is -7.11. The predicted octanol–water partition coefficient (Wildman–Crippen LogP) is 5.09. The second-order valence-electron chi connectivity index (χ2n) is 6.21. The molecule has 1 aliphatic carbocycles. The van der Waals surface area contributed by atoms with Crippen molar-refractivity contribution >= 4 is 12.4 Å². The lowest BCUT2D eigenvalue weighted by molar-refractivity contribution is -0.142. The molecule has 0 aromatic heterocycles. The Kier molecular flexibility index (Phi) is 7.18. The summed E-state index contributed by atoms with van der Waals surface area (Å²) in [6, 6.07) is -0.357. The Balaban J connectivity index is 0.00000312. The summed E-state index contributed by atoms with van der Waals surface area (Å²) in [7, 11) is 0. The van der Waals surface area contributed by atoms with Gasteiger partial charge in [-0.3, -0.25) is 0 Å². The molecule has 0 saturated heterocycles. The van der Waals surface area contributed by atoms with Crippen LogP contribution in [-0.4, -0.2) is 11.2 Å². The Morgan fingerprint density at radius 2 is 1.52 bits per heavy atom. The summed E-state index contributed by atoms with van der Waals surface area (Å²) in [5.41, 5.74) is 2.60. The molecule has 0 radical (unpaired) electrons. The summed E-state index contributed by atoms with van der Waals surface area (Å²) in [5.74, 6) is -0.302. The van der Waals surface area contributed by atoms with Gasteiger partial charge in [0.1, 0.15) is 0 Å². The van der Waals surface area contributed by atoms with Gasteiger partial charge in [0.2, 0.25) is 0 Å². The van der Waals surface area contributed by atoms with Crippen molar-refractivity contribution in [2.75, 3.05) is 0 Å². The van der Waals surface area contributed by atoms with E-state index in [-0.39, 0.29) is 18.3 Å². The number of nitrogens with two attached hydrogens (primary N) is 1. The lowest BCUT2D eigenvalue weighted by atomic mass is 9.80. The van der Waals surface area contributed by atoms with E-state index in [1.807, 2.05) is 0 Å². The molecule has 2 rings (SSSR count). The lowest BCUT2D eigenvalue weighted by Crippen LogP contribution is -2.35. The highest BCUT2D eigenvalue weighted by atomic mass is 35.5. The Bertz CT molecular complexity index is 569. The Morgan fingerprint density at radius 3 is 2.00 bits per heavy atom. The van der Waals surface area contributed by atoms with E-state index in [2.05, 4.69) is 0 Å². The van der Waals surface area contributed by atoms with Gasteiger partial charge in [-0.05, 0) is 42.5 Å². The number of halogens is 7. The normalized spacial score (nSPS) is 19.2. The van der Waals surface area contributed by atoms with Crippen LogP contribution in [0.5, 0.6) is 0 Å². The van der Waals surface area contributed by atoms with Crippen molar-refractivity contribution in [3.63, 3.8) is 0 Å². The maximum atomic E-state index is 13.1. The number of hydrogen-bond donors (Lipinski definition) is 2. The van der Waals surface area contributed by atoms with Crippen molar-refractivity contribution in [1.82, 2.24) is 0 Å². The molecule has 3 N–H and O–H groups in total. The van der Waals surface area contributed by atoms with Crippen LogP contribution in [0.25, 0.3) is 0 Å². The smallest absolute Gasteiger partial charge is 0.391 e. The molecule has 2 nitrogen and oxygen atoms in total. The first-order valence-electron chi connectivity index (χ1n) is 7.74. The summed E-state index contributed by atoms with van der Waals surface area (Å²) in [5, 5.41) is 10.3. The molecule has 0 spiro atoms. The van der Waals surface area contributed by atoms with Gasteiger partial charge in [-0.1, -0.05) is 19.3 Å². The second kappa shape index (κ2) is 8.14. The number of rotatable bonds is 3. The zero-order chi connectivity index (χ0) is 18.1. The maximum absolute atomic E-state index is 13.1. The van der Waals surface area contributed by atoms with E-state index in [9.17, 15) is 31.4 Å². The molecule has 2 atom stereocenters. The minimum absolute atomic E-state index is 0. The first kappa shape index (κ1) is 22.1. The van der Waals surface area contributed by atoms with E-state index in [0.717, 1.165) is 19.3 Å². The van der Waals surface area contributed by atoms with E-state index in [0.29, 0.717) is 31.0 Å². The summed E-state index contributed by atoms with van der Waals surface area (Å²) >= 11 is 0. The molecule has 144 valence electrons. The van der Waals surface area contributed by atoms with E-state index in [4.69, 9.17) is 5.73 Å². The summed E-state index contributed by atoms with van der Waals surface area (Å²) < 4.78 is 77.9. The molecule has 1 saturated carbocycles. The van der Waals surface area contributed by atoms with Gasteiger partial charge < -0.3 is 10.8 Å². The maximum Gasteiger partial charge on any atom is 0.416 e. The number of benzene rings is 1. The monoisotopic (exact) mass is 391 g/mol. The van der Waals surface area contributed by atoms with Gasteiger partial charge in [-0.2, -0.15) is 26.3 Å². The van der Waals surface area contributed by atoms with Gasteiger partial charge in [0.15, 0.2) is 0 Å². The molecule has 1 fully saturated rings. The van der Waals surface area contributed by atoms with E-state index in [1.54, 1.807) is 0 Å². The summed E-state index contributed by atoms with van der Waals surface area (Å²) in [4.78, 5) is 0. The van der Waals surface area contributed by atoms with E-state index >= 15 is 0 Å². The highest BCUT2D eigenvalue weighted by Crippen LogP contribution is 2.40. The molecule has 1 aromatic carbocycles. The van der Waals surface area contributed by atoms with Crippen LogP contribution in [-0.2, 0) is 12.4 Å². The molecule has 9 heteroatoms. The molecule has 1 aromatic rings. The molecule has 25 heavy (non-hydrogen) atoms. The minimum atomic E-state index is -4.84. The highest BCUT2D eigenvalue weighted by molar-refractivity contribution is 5.85. The van der Waals surface area contributed by atoms with Gasteiger partial charge in [-0.15, -0.1) is 12.4 Å². The number of aliphatic hydroxyl groups is 1. The third-order valence-electron chi connectivity index (χ3n) is 4.54. The number of aliphatic hydroxyl groups excluding tert-OH is 1. The Morgan fingerprint density at radius 1 is 0.960 bits per heavy atom. The third-order valence-corrected chi connectivity index (χ3v) is 4.54. The van der Waals surface area contributed by atoms with E-state index < -0.39 is 41.2 Å². The van der Waals surface area contributed by atoms with Gasteiger partial charge in [0.05, 0.1) is 23.3 Å². The van der Waals surface area contributed by atoms with Gasteiger partial charge in [0, 0.05) is 0 Å². The topological polar surface area (TPSA) is 46.2 Å². The van der Waals surface area contributed by atoms with Crippen molar-refractivity contribution in [3.05, 3.63) is 34.9 Å².